The molecular weight excluding hydrogens is 355 g/mol. The number of nitrogens with two attached hydrogens (primary N) is 1. The molecule has 3 aromatic rings. The van der Waals surface area contributed by atoms with Gasteiger partial charge in [-0.25, -0.2) is 0 Å². The van der Waals surface area contributed by atoms with E-state index in [4.69, 9.17) is 5.73 Å². The van der Waals surface area contributed by atoms with E-state index in [1.165, 1.54) is 12.1 Å². The predicted molar refractivity (Wildman–Crippen MR) is 97.3 cm³/mol. The van der Waals surface area contributed by atoms with Gasteiger partial charge in [0.05, 0.1) is 11.1 Å². The van der Waals surface area contributed by atoms with Crippen LogP contribution in [0.2, 0.25) is 0 Å². The number of hydrogen-bond donors (Lipinski definition) is 1. The van der Waals surface area contributed by atoms with Crippen molar-refractivity contribution in [2.24, 2.45) is 11.7 Å². The van der Waals surface area contributed by atoms with Gasteiger partial charge in [0, 0.05) is 11.9 Å². The summed E-state index contributed by atoms with van der Waals surface area (Å²) in [5.74, 6) is -0.297. The number of benzene rings is 2. The molecule has 1 amide bonds. The average molecular weight is 375 g/mol. The molecule has 0 bridgehead atoms. The molecule has 0 spiro atoms. The van der Waals surface area contributed by atoms with Crippen molar-refractivity contribution in [3.05, 3.63) is 64.8 Å². The predicted octanol–water partition coefficient (Wildman–Crippen LogP) is 4.40. The van der Waals surface area contributed by atoms with Crippen LogP contribution in [-0.4, -0.2) is 15.7 Å². The molecule has 142 valence electrons. The number of carbonyl (C=O) groups excluding carboxylic acids is 1. The standard InChI is InChI=1S/C20H20F3N3O/c1-12(2)11-26-16-5-3-4-14(17(16)18(25-26)19(24)27)10-13-6-8-15(9-7-13)20(21,22)23/h3-9,12H,10-11H2,1-2H3,(H2,24,27). The third kappa shape index (κ3) is 3.97. The smallest absolute Gasteiger partial charge is 0.364 e. The summed E-state index contributed by atoms with van der Waals surface area (Å²) < 4.78 is 40.0. The van der Waals surface area contributed by atoms with Gasteiger partial charge in [-0.15, -0.1) is 0 Å². The molecule has 0 saturated heterocycles. The number of halogens is 3. The zero-order chi connectivity index (χ0) is 19.8. The second-order valence-corrected chi connectivity index (χ2v) is 6.97. The van der Waals surface area contributed by atoms with Gasteiger partial charge in [0.25, 0.3) is 5.91 Å². The van der Waals surface area contributed by atoms with E-state index in [-0.39, 0.29) is 5.69 Å². The van der Waals surface area contributed by atoms with Crippen molar-refractivity contribution >= 4 is 16.8 Å². The Bertz CT molecular complexity index is 973. The summed E-state index contributed by atoms with van der Waals surface area (Å²) in [6.45, 7) is 4.72. The highest BCUT2D eigenvalue weighted by Crippen LogP contribution is 2.30. The first-order valence-electron chi connectivity index (χ1n) is 8.61. The number of hydrogen-bond acceptors (Lipinski definition) is 2. The van der Waals surface area contributed by atoms with Crippen LogP contribution in [-0.2, 0) is 19.1 Å². The second-order valence-electron chi connectivity index (χ2n) is 6.97. The van der Waals surface area contributed by atoms with Crippen molar-refractivity contribution in [1.29, 1.82) is 0 Å². The Morgan fingerprint density at radius 2 is 1.81 bits per heavy atom. The first-order chi connectivity index (χ1) is 12.7. The molecule has 0 radical (unpaired) electrons. The van der Waals surface area contributed by atoms with Crippen LogP contribution in [0.1, 0.15) is 41.0 Å². The average Bonchev–Trinajstić information content (AvgIpc) is 2.94. The van der Waals surface area contributed by atoms with E-state index in [1.807, 2.05) is 32.0 Å². The van der Waals surface area contributed by atoms with Crippen LogP contribution in [0, 0.1) is 5.92 Å². The molecular formula is C20H20F3N3O. The van der Waals surface area contributed by atoms with Crippen molar-refractivity contribution in [3.63, 3.8) is 0 Å². The van der Waals surface area contributed by atoms with Crippen molar-refractivity contribution in [2.75, 3.05) is 0 Å². The van der Waals surface area contributed by atoms with Gasteiger partial charge in [0.15, 0.2) is 5.69 Å². The van der Waals surface area contributed by atoms with Crippen molar-refractivity contribution < 1.29 is 18.0 Å². The highest BCUT2D eigenvalue weighted by atomic mass is 19.4. The summed E-state index contributed by atoms with van der Waals surface area (Å²) >= 11 is 0. The Morgan fingerprint density at radius 3 is 2.37 bits per heavy atom. The Balaban J connectivity index is 2.04. The number of amides is 1. The van der Waals surface area contributed by atoms with Crippen LogP contribution in [0.15, 0.2) is 42.5 Å². The van der Waals surface area contributed by atoms with Gasteiger partial charge in [0.1, 0.15) is 0 Å². The number of rotatable bonds is 5. The van der Waals surface area contributed by atoms with Crippen LogP contribution in [0.25, 0.3) is 10.9 Å². The minimum absolute atomic E-state index is 0.188. The molecule has 2 aromatic carbocycles. The van der Waals surface area contributed by atoms with Gasteiger partial charge in [0.2, 0.25) is 0 Å². The molecule has 1 aromatic heterocycles. The lowest BCUT2D eigenvalue weighted by molar-refractivity contribution is -0.137. The molecule has 1 heterocycles. The van der Waals surface area contributed by atoms with Gasteiger partial charge in [-0.2, -0.15) is 18.3 Å². The van der Waals surface area contributed by atoms with Gasteiger partial charge in [-0.05, 0) is 41.7 Å². The summed E-state index contributed by atoms with van der Waals surface area (Å²) in [6, 6.07) is 10.6. The molecule has 0 fully saturated rings. The van der Waals surface area contributed by atoms with E-state index < -0.39 is 17.6 Å². The minimum Gasteiger partial charge on any atom is -0.364 e. The maximum Gasteiger partial charge on any atom is 0.416 e. The first kappa shape index (κ1) is 18.9. The Labute approximate surface area is 154 Å². The lowest BCUT2D eigenvalue weighted by Crippen LogP contribution is -2.14. The fourth-order valence-corrected chi connectivity index (χ4v) is 3.14. The highest BCUT2D eigenvalue weighted by molar-refractivity contribution is 6.05. The van der Waals surface area contributed by atoms with E-state index in [1.54, 1.807) is 4.68 Å². The van der Waals surface area contributed by atoms with Crippen molar-refractivity contribution in [3.8, 4) is 0 Å². The molecule has 7 heteroatoms. The SMILES string of the molecule is CC(C)Cn1nc(C(N)=O)c2c(Cc3ccc(C(F)(F)F)cc3)cccc21. The fourth-order valence-electron chi connectivity index (χ4n) is 3.14. The first-order valence-corrected chi connectivity index (χ1v) is 8.61. The summed E-state index contributed by atoms with van der Waals surface area (Å²) in [4.78, 5) is 11.9. The zero-order valence-electron chi connectivity index (χ0n) is 15.0. The molecule has 2 N–H and O–H groups in total. The van der Waals surface area contributed by atoms with E-state index in [0.717, 1.165) is 23.2 Å². The molecule has 0 aliphatic heterocycles. The van der Waals surface area contributed by atoms with Gasteiger partial charge < -0.3 is 5.73 Å². The molecule has 0 atom stereocenters. The van der Waals surface area contributed by atoms with Crippen LogP contribution < -0.4 is 5.73 Å². The Kier molecular flexibility index (Phi) is 4.95. The van der Waals surface area contributed by atoms with Crippen LogP contribution in [0.5, 0.6) is 0 Å². The summed E-state index contributed by atoms with van der Waals surface area (Å²) in [5, 5.41) is 5.03. The van der Waals surface area contributed by atoms with E-state index in [0.29, 0.717) is 29.8 Å². The van der Waals surface area contributed by atoms with Gasteiger partial charge in [-0.3, -0.25) is 9.48 Å². The third-order valence-electron chi connectivity index (χ3n) is 4.31. The van der Waals surface area contributed by atoms with Gasteiger partial charge >= 0.3 is 6.18 Å². The summed E-state index contributed by atoms with van der Waals surface area (Å²) in [5.41, 5.74) is 7.32. The maximum absolute atomic E-state index is 12.7. The lowest BCUT2D eigenvalue weighted by Gasteiger charge is -2.09. The minimum atomic E-state index is -4.37. The zero-order valence-corrected chi connectivity index (χ0v) is 15.0. The number of primary amides is 1. The molecule has 0 aliphatic rings. The van der Waals surface area contributed by atoms with Crippen LogP contribution in [0.3, 0.4) is 0 Å². The second kappa shape index (κ2) is 7.06. The molecule has 27 heavy (non-hydrogen) atoms. The normalized spacial score (nSPS) is 12.1. The Hall–Kier alpha value is -2.83. The molecule has 0 aliphatic carbocycles. The highest BCUT2D eigenvalue weighted by Gasteiger charge is 2.30. The number of alkyl halides is 3. The molecule has 0 unspecified atom stereocenters. The topological polar surface area (TPSA) is 60.9 Å². The summed E-state index contributed by atoms with van der Waals surface area (Å²) in [7, 11) is 0. The largest absolute Gasteiger partial charge is 0.416 e. The number of aromatic nitrogens is 2. The molecule has 4 nitrogen and oxygen atoms in total. The van der Waals surface area contributed by atoms with Crippen LogP contribution >= 0.6 is 0 Å². The van der Waals surface area contributed by atoms with E-state index in [2.05, 4.69) is 5.10 Å². The van der Waals surface area contributed by atoms with Crippen LogP contribution in [0.4, 0.5) is 13.2 Å². The molecule has 3 rings (SSSR count). The number of carbonyl (C=O) groups is 1. The quantitative estimate of drug-likeness (QED) is 0.718. The van der Waals surface area contributed by atoms with E-state index in [9.17, 15) is 18.0 Å². The number of nitrogens with zero attached hydrogens (tertiary/aromatic N) is 2. The van der Waals surface area contributed by atoms with Crippen molar-refractivity contribution in [2.45, 2.75) is 33.0 Å². The monoisotopic (exact) mass is 375 g/mol. The third-order valence-corrected chi connectivity index (χ3v) is 4.31. The summed E-state index contributed by atoms with van der Waals surface area (Å²) in [6.07, 6.45) is -3.99. The molecule has 0 saturated carbocycles. The van der Waals surface area contributed by atoms with Gasteiger partial charge in [-0.1, -0.05) is 38.1 Å². The lowest BCUT2D eigenvalue weighted by atomic mass is 9.99. The maximum atomic E-state index is 12.7. The van der Waals surface area contributed by atoms with E-state index >= 15 is 0 Å². The number of fused-ring (bicyclic) bond motifs is 1. The fraction of sp³-hybridized carbons (Fsp3) is 0.300. The van der Waals surface area contributed by atoms with Crippen molar-refractivity contribution in [1.82, 2.24) is 9.78 Å². The Morgan fingerprint density at radius 1 is 1.15 bits per heavy atom.